The SMILES string of the molecule is CCC(NC(=O)C1CC12CCCC2)(C(=O)O)c1ccccc1. The van der Waals surface area contributed by atoms with Gasteiger partial charge in [0.2, 0.25) is 5.91 Å². The highest BCUT2D eigenvalue weighted by Crippen LogP contribution is 2.63. The Kier molecular flexibility index (Phi) is 3.71. The zero-order valence-corrected chi connectivity index (χ0v) is 13.0. The van der Waals surface area contributed by atoms with Crippen molar-refractivity contribution >= 4 is 11.9 Å². The highest BCUT2D eigenvalue weighted by molar-refractivity contribution is 5.90. The van der Waals surface area contributed by atoms with Crippen LogP contribution in [0.25, 0.3) is 0 Å². The van der Waals surface area contributed by atoms with Crippen molar-refractivity contribution in [2.24, 2.45) is 11.3 Å². The number of hydrogen-bond donors (Lipinski definition) is 2. The predicted octanol–water partition coefficient (Wildman–Crippen LogP) is 3.07. The van der Waals surface area contributed by atoms with Crippen molar-refractivity contribution < 1.29 is 14.7 Å². The van der Waals surface area contributed by atoms with E-state index in [2.05, 4.69) is 5.32 Å². The Morgan fingerprint density at radius 3 is 2.45 bits per heavy atom. The summed E-state index contributed by atoms with van der Waals surface area (Å²) in [4.78, 5) is 24.6. The summed E-state index contributed by atoms with van der Waals surface area (Å²) in [6, 6.07) is 9.02. The van der Waals surface area contributed by atoms with E-state index in [1.807, 2.05) is 18.2 Å². The number of hydrogen-bond acceptors (Lipinski definition) is 2. The number of aliphatic carboxylic acids is 1. The molecule has 1 aromatic carbocycles. The molecular weight excluding hydrogens is 278 g/mol. The molecule has 2 atom stereocenters. The number of nitrogens with one attached hydrogen (secondary N) is 1. The lowest BCUT2D eigenvalue weighted by Crippen LogP contribution is -2.52. The molecule has 2 aliphatic carbocycles. The van der Waals surface area contributed by atoms with E-state index in [9.17, 15) is 14.7 Å². The molecular formula is C18H23NO3. The molecule has 1 amide bonds. The highest BCUT2D eigenvalue weighted by atomic mass is 16.4. The van der Waals surface area contributed by atoms with Crippen LogP contribution in [0.15, 0.2) is 30.3 Å². The Hall–Kier alpha value is -1.84. The van der Waals surface area contributed by atoms with Gasteiger partial charge in [0.1, 0.15) is 0 Å². The standard InChI is InChI=1S/C18H23NO3/c1-2-18(16(21)22,13-8-4-3-5-9-13)19-15(20)14-12-17(14)10-6-7-11-17/h3-5,8-9,14H,2,6-7,10-12H2,1H3,(H,19,20)(H,21,22). The molecule has 2 saturated carbocycles. The first kappa shape index (κ1) is 15.1. The summed E-state index contributed by atoms with van der Waals surface area (Å²) in [5.41, 5.74) is -0.501. The molecule has 2 N–H and O–H groups in total. The summed E-state index contributed by atoms with van der Waals surface area (Å²) < 4.78 is 0. The molecule has 4 heteroatoms. The van der Waals surface area contributed by atoms with Crippen LogP contribution in [0, 0.1) is 11.3 Å². The molecule has 2 fully saturated rings. The van der Waals surface area contributed by atoms with E-state index < -0.39 is 11.5 Å². The van der Waals surface area contributed by atoms with Crippen LogP contribution in [0.5, 0.6) is 0 Å². The topological polar surface area (TPSA) is 66.4 Å². The van der Waals surface area contributed by atoms with Gasteiger partial charge in [0, 0.05) is 5.92 Å². The van der Waals surface area contributed by atoms with Gasteiger partial charge in [-0.2, -0.15) is 0 Å². The molecule has 3 rings (SSSR count). The first-order valence-corrected chi connectivity index (χ1v) is 8.15. The number of carboxylic acid groups (broad SMARTS) is 1. The Bertz CT molecular complexity index is 577. The molecule has 1 aromatic rings. The molecule has 0 heterocycles. The molecule has 0 saturated heterocycles. The minimum absolute atomic E-state index is 0.00369. The van der Waals surface area contributed by atoms with Gasteiger partial charge in [-0.25, -0.2) is 4.79 Å². The quantitative estimate of drug-likeness (QED) is 0.878. The first-order chi connectivity index (χ1) is 10.5. The van der Waals surface area contributed by atoms with Crippen molar-refractivity contribution in [3.63, 3.8) is 0 Å². The van der Waals surface area contributed by atoms with Crippen molar-refractivity contribution in [1.29, 1.82) is 0 Å². The molecule has 2 unspecified atom stereocenters. The van der Waals surface area contributed by atoms with Gasteiger partial charge in [0.15, 0.2) is 5.54 Å². The smallest absolute Gasteiger partial charge is 0.334 e. The second-order valence-corrected chi connectivity index (χ2v) is 6.75. The lowest BCUT2D eigenvalue weighted by atomic mass is 9.86. The summed E-state index contributed by atoms with van der Waals surface area (Å²) in [6.45, 7) is 1.81. The van der Waals surface area contributed by atoms with E-state index in [-0.39, 0.29) is 17.2 Å². The average Bonchev–Trinajstić information content (AvgIpc) is 3.03. The lowest BCUT2D eigenvalue weighted by Gasteiger charge is -2.30. The van der Waals surface area contributed by atoms with E-state index in [1.54, 1.807) is 19.1 Å². The van der Waals surface area contributed by atoms with Crippen molar-refractivity contribution in [3.05, 3.63) is 35.9 Å². The Morgan fingerprint density at radius 2 is 1.91 bits per heavy atom. The monoisotopic (exact) mass is 301 g/mol. The average molecular weight is 301 g/mol. The second kappa shape index (κ2) is 5.41. The van der Waals surface area contributed by atoms with Crippen LogP contribution in [0.4, 0.5) is 0 Å². The van der Waals surface area contributed by atoms with Gasteiger partial charge in [-0.3, -0.25) is 4.79 Å². The maximum absolute atomic E-state index is 12.6. The van der Waals surface area contributed by atoms with Gasteiger partial charge in [0.05, 0.1) is 0 Å². The number of carboxylic acids is 1. The fourth-order valence-corrected chi connectivity index (χ4v) is 4.06. The van der Waals surface area contributed by atoms with Crippen LogP contribution in [0.1, 0.15) is 51.0 Å². The van der Waals surface area contributed by atoms with Crippen molar-refractivity contribution in [2.75, 3.05) is 0 Å². The normalized spacial score (nSPS) is 24.7. The summed E-state index contributed by atoms with van der Waals surface area (Å²) in [6.07, 6.45) is 5.87. The number of amides is 1. The van der Waals surface area contributed by atoms with Crippen LogP contribution in [0.2, 0.25) is 0 Å². The van der Waals surface area contributed by atoms with E-state index in [0.717, 1.165) is 19.3 Å². The third kappa shape index (κ3) is 2.31. The van der Waals surface area contributed by atoms with Crippen LogP contribution in [-0.2, 0) is 15.1 Å². The highest BCUT2D eigenvalue weighted by Gasteiger charge is 2.59. The summed E-state index contributed by atoms with van der Waals surface area (Å²) in [7, 11) is 0. The van der Waals surface area contributed by atoms with E-state index in [1.165, 1.54) is 12.8 Å². The number of carbonyl (C=O) groups is 2. The van der Waals surface area contributed by atoms with Gasteiger partial charge >= 0.3 is 5.97 Å². The molecule has 0 aromatic heterocycles. The maximum atomic E-state index is 12.6. The van der Waals surface area contributed by atoms with Gasteiger partial charge in [-0.1, -0.05) is 50.1 Å². The van der Waals surface area contributed by atoms with Crippen molar-refractivity contribution in [1.82, 2.24) is 5.32 Å². The summed E-state index contributed by atoms with van der Waals surface area (Å²) in [5, 5.41) is 12.6. The summed E-state index contributed by atoms with van der Waals surface area (Å²) in [5.74, 6) is -1.07. The number of benzene rings is 1. The molecule has 0 bridgehead atoms. The number of rotatable bonds is 5. The molecule has 4 nitrogen and oxygen atoms in total. The fourth-order valence-electron chi connectivity index (χ4n) is 4.06. The minimum Gasteiger partial charge on any atom is -0.479 e. The van der Waals surface area contributed by atoms with Crippen molar-refractivity contribution in [2.45, 2.75) is 51.0 Å². The molecule has 2 aliphatic rings. The van der Waals surface area contributed by atoms with Gasteiger partial charge < -0.3 is 10.4 Å². The van der Waals surface area contributed by atoms with Crippen LogP contribution >= 0.6 is 0 Å². The first-order valence-electron chi connectivity index (χ1n) is 8.15. The zero-order chi connectivity index (χ0) is 15.8. The van der Waals surface area contributed by atoms with Crippen LogP contribution < -0.4 is 5.32 Å². The largest absolute Gasteiger partial charge is 0.479 e. The van der Waals surface area contributed by atoms with Gasteiger partial charge in [-0.15, -0.1) is 0 Å². The molecule has 118 valence electrons. The van der Waals surface area contributed by atoms with E-state index >= 15 is 0 Å². The lowest BCUT2D eigenvalue weighted by molar-refractivity contribution is -0.148. The molecule has 0 radical (unpaired) electrons. The van der Waals surface area contributed by atoms with Crippen LogP contribution in [-0.4, -0.2) is 17.0 Å². The Labute approximate surface area is 130 Å². The van der Waals surface area contributed by atoms with E-state index in [0.29, 0.717) is 12.0 Å². The molecule has 22 heavy (non-hydrogen) atoms. The molecule has 0 aliphatic heterocycles. The third-order valence-electron chi connectivity index (χ3n) is 5.60. The fraction of sp³-hybridized carbons (Fsp3) is 0.556. The molecule has 1 spiro atoms. The van der Waals surface area contributed by atoms with Gasteiger partial charge in [-0.05, 0) is 36.7 Å². The van der Waals surface area contributed by atoms with Crippen molar-refractivity contribution in [3.8, 4) is 0 Å². The Morgan fingerprint density at radius 1 is 1.27 bits per heavy atom. The predicted molar refractivity (Wildman–Crippen MR) is 83.2 cm³/mol. The zero-order valence-electron chi connectivity index (χ0n) is 13.0. The number of carbonyl (C=O) groups excluding carboxylic acids is 1. The van der Waals surface area contributed by atoms with E-state index in [4.69, 9.17) is 0 Å². The van der Waals surface area contributed by atoms with Gasteiger partial charge in [0.25, 0.3) is 0 Å². The van der Waals surface area contributed by atoms with Crippen LogP contribution in [0.3, 0.4) is 0 Å². The Balaban J connectivity index is 1.82. The second-order valence-electron chi connectivity index (χ2n) is 6.75. The third-order valence-corrected chi connectivity index (χ3v) is 5.60. The minimum atomic E-state index is -1.32. The summed E-state index contributed by atoms with van der Waals surface area (Å²) >= 11 is 0. The maximum Gasteiger partial charge on any atom is 0.334 e.